The Balaban J connectivity index is 0. The zero-order chi connectivity index (χ0) is 4.50. The van der Waals surface area contributed by atoms with E-state index in [0.717, 1.165) is 0 Å². The van der Waals surface area contributed by atoms with E-state index in [2.05, 4.69) is 0 Å². The summed E-state index contributed by atoms with van der Waals surface area (Å²) in [6.07, 6.45) is 0. The predicted octanol–water partition coefficient (Wildman–Crippen LogP) is -1.94. The van der Waals surface area contributed by atoms with E-state index in [0.29, 0.717) is 0 Å². The van der Waals surface area contributed by atoms with E-state index in [9.17, 15) is 0 Å². The van der Waals surface area contributed by atoms with Gasteiger partial charge in [0.15, 0.2) is 0 Å². The Morgan fingerprint density at radius 1 is 1.50 bits per heavy atom. The predicted molar refractivity (Wildman–Crippen MR) is 17.8 cm³/mol. The largest absolute Gasteiger partial charge is 0.756 e. The molecule has 6 heteroatoms. The molecule has 0 aromatic rings. The van der Waals surface area contributed by atoms with Gasteiger partial charge in [-0.05, 0) is 0 Å². The summed E-state index contributed by atoms with van der Waals surface area (Å²) in [5, 5.41) is 0. The van der Waals surface area contributed by atoms with Gasteiger partial charge in [0.25, 0.3) is 7.82 Å². The van der Waals surface area contributed by atoms with Gasteiger partial charge in [-0.1, -0.05) is 0 Å². The van der Waals surface area contributed by atoms with E-state index in [1.807, 2.05) is 0 Å². The molecule has 0 heterocycles. The Hall–Kier alpha value is 1.11. The van der Waals surface area contributed by atoms with Crippen LogP contribution in [0.3, 0.4) is 0 Å². The molecule has 0 aromatic heterocycles. The smallest absolute Gasteiger partial charge is 0.262 e. The Kier molecular flexibility index (Phi) is 5.35. The van der Waals surface area contributed by atoms with Crippen molar-refractivity contribution in [3.8, 4) is 0 Å². The molecule has 0 atom stereocenters. The number of hydrogen-bond acceptors (Lipinski definition) is 2. The monoisotopic (exact) mass is 120 g/mol. The van der Waals surface area contributed by atoms with E-state index in [1.165, 1.54) is 0 Å². The van der Waals surface area contributed by atoms with Crippen molar-refractivity contribution in [2.24, 2.45) is 0 Å². The van der Waals surface area contributed by atoms with Crippen LogP contribution >= 0.6 is 7.82 Å². The molecule has 0 rings (SSSR count). The number of phosphoric acid groups is 1. The van der Waals surface area contributed by atoms with Crippen LogP contribution in [0.25, 0.3) is 0 Å². The van der Waals surface area contributed by atoms with Crippen molar-refractivity contribution in [2.75, 3.05) is 0 Å². The van der Waals surface area contributed by atoms with Crippen LogP contribution in [0.5, 0.6) is 0 Å². The molecular weight excluding hydrogens is 118 g/mol. The van der Waals surface area contributed by atoms with Gasteiger partial charge < -0.3 is 14.7 Å². The van der Waals surface area contributed by atoms with Crippen molar-refractivity contribution >= 4 is 37.4 Å². The molecule has 0 bridgehead atoms. The average Bonchev–Trinajstić information content (AvgIpc) is 0.722. The van der Waals surface area contributed by atoms with Gasteiger partial charge >= 0.3 is 0 Å². The summed E-state index contributed by atoms with van der Waals surface area (Å²) in [6, 6.07) is 0. The molecule has 0 saturated heterocycles. The molecule has 2 N–H and O–H groups in total. The minimum absolute atomic E-state index is 0. The van der Waals surface area contributed by atoms with Gasteiger partial charge in [-0.2, -0.15) is 0 Å². The van der Waals surface area contributed by atoms with Crippen LogP contribution in [-0.4, -0.2) is 39.3 Å². The molecule has 0 unspecified atom stereocenters. The van der Waals surface area contributed by atoms with Crippen LogP contribution in [0, 0.1) is 0 Å². The summed E-state index contributed by atoms with van der Waals surface area (Å²) < 4.78 is 8.77. The Labute approximate surface area is 56.7 Å². The van der Waals surface area contributed by atoms with Crippen LogP contribution in [0.1, 0.15) is 0 Å². The molecule has 0 spiro atoms. The van der Waals surface area contributed by atoms with E-state index in [-0.39, 0.29) is 29.6 Å². The van der Waals surface area contributed by atoms with Gasteiger partial charge in [-0.25, -0.2) is 0 Å². The number of hydrogen-bond donors (Lipinski definition) is 2. The average molecular weight is 120 g/mol. The van der Waals surface area contributed by atoms with Crippen LogP contribution < -0.4 is 4.89 Å². The first kappa shape index (κ1) is 10.2. The van der Waals surface area contributed by atoms with Crippen molar-refractivity contribution in [1.29, 1.82) is 0 Å². The molecule has 0 aliphatic carbocycles. The third-order valence-corrected chi connectivity index (χ3v) is 0. The maximum absolute atomic E-state index is 8.77. The molecule has 4 nitrogen and oxygen atoms in total. The normalized spacial score (nSPS) is 9.83. The fraction of sp³-hybridized carbons (Fsp3) is 0. The fourth-order valence-corrected chi connectivity index (χ4v) is 0. The fourth-order valence-electron chi connectivity index (χ4n) is 0. The molecule has 0 aliphatic rings. The van der Waals surface area contributed by atoms with Gasteiger partial charge in [0.05, 0.1) is 0 Å². The third kappa shape index (κ3) is 70.1. The standard InChI is InChI=1S/Na.H3O4P/c;1-5(2,3)4/h;(H3,1,2,3,4)/p-1. The molecule has 0 aliphatic heterocycles. The third-order valence-electron chi connectivity index (χ3n) is 0. The van der Waals surface area contributed by atoms with Crippen LogP contribution in [-0.2, 0) is 4.57 Å². The minimum Gasteiger partial charge on any atom is -0.756 e. The zero-order valence-corrected chi connectivity index (χ0v) is 6.05. The van der Waals surface area contributed by atoms with Gasteiger partial charge in [-0.3, -0.25) is 4.57 Å². The Morgan fingerprint density at radius 2 is 1.50 bits per heavy atom. The van der Waals surface area contributed by atoms with Crippen molar-refractivity contribution in [1.82, 2.24) is 0 Å². The quantitative estimate of drug-likeness (QED) is 0.288. The molecule has 0 saturated carbocycles. The molecule has 33 valence electrons. The first-order valence-corrected chi connectivity index (χ1v) is 2.30. The topological polar surface area (TPSA) is 80.6 Å². The van der Waals surface area contributed by atoms with Gasteiger partial charge in [-0.15, -0.1) is 0 Å². The maximum atomic E-state index is 8.77. The summed E-state index contributed by atoms with van der Waals surface area (Å²) in [4.78, 5) is 22.9. The van der Waals surface area contributed by atoms with Gasteiger partial charge in [0.2, 0.25) is 0 Å². The molecule has 0 fully saturated rings. The number of rotatable bonds is 0. The second kappa shape index (κ2) is 3.16. The maximum Gasteiger partial charge on any atom is 0.262 e. The molecule has 6 heavy (non-hydrogen) atoms. The zero-order valence-electron chi connectivity index (χ0n) is 3.16. The van der Waals surface area contributed by atoms with Crippen molar-refractivity contribution in [3.05, 3.63) is 0 Å². The second-order valence-electron chi connectivity index (χ2n) is 0.491. The van der Waals surface area contributed by atoms with Crippen LogP contribution in [0.4, 0.5) is 0 Å². The summed E-state index contributed by atoms with van der Waals surface area (Å²) in [6.45, 7) is 0. The van der Waals surface area contributed by atoms with Crippen molar-refractivity contribution in [3.63, 3.8) is 0 Å². The minimum atomic E-state index is -4.89. The van der Waals surface area contributed by atoms with E-state index in [4.69, 9.17) is 19.2 Å². The summed E-state index contributed by atoms with van der Waals surface area (Å²) in [5.41, 5.74) is 0. The Morgan fingerprint density at radius 3 is 1.50 bits per heavy atom. The van der Waals surface area contributed by atoms with Gasteiger partial charge in [0.1, 0.15) is 0 Å². The Bertz CT molecular complexity index is 53.7. The summed E-state index contributed by atoms with van der Waals surface area (Å²) in [7, 11) is -4.89. The van der Waals surface area contributed by atoms with E-state index >= 15 is 0 Å². The molecule has 0 aromatic carbocycles. The summed E-state index contributed by atoms with van der Waals surface area (Å²) in [5.74, 6) is 0. The van der Waals surface area contributed by atoms with Gasteiger partial charge in [0, 0.05) is 29.6 Å². The van der Waals surface area contributed by atoms with Crippen LogP contribution in [0.15, 0.2) is 0 Å². The second-order valence-corrected chi connectivity index (χ2v) is 1.47. The van der Waals surface area contributed by atoms with Crippen LogP contribution in [0.2, 0.25) is 0 Å². The van der Waals surface area contributed by atoms with Crippen molar-refractivity contribution in [2.45, 2.75) is 0 Å². The van der Waals surface area contributed by atoms with E-state index < -0.39 is 7.82 Å². The van der Waals surface area contributed by atoms with Crippen molar-refractivity contribution < 1.29 is 19.2 Å². The summed E-state index contributed by atoms with van der Waals surface area (Å²) >= 11 is 0. The molecular formula is H2NaO4P-. The molecule has 0 amide bonds. The first-order valence-electron chi connectivity index (χ1n) is 0.765. The molecule has 1 radical (unpaired) electrons. The SMILES string of the molecule is O=P([O-])(O)O.[Na]. The van der Waals surface area contributed by atoms with E-state index in [1.54, 1.807) is 0 Å². The first-order chi connectivity index (χ1) is 2.00.